The number of hydrogen-bond donors (Lipinski definition) is 1. The Balaban J connectivity index is 4.52. The lowest BCUT2D eigenvalue weighted by atomic mass is 10.0. The SMILES string of the molecule is CCC(CC)=C(CC)C(=O)OCCN. The van der Waals surface area contributed by atoms with Crippen LogP contribution in [0.25, 0.3) is 0 Å². The van der Waals surface area contributed by atoms with Gasteiger partial charge in [-0.2, -0.15) is 0 Å². The van der Waals surface area contributed by atoms with Crippen molar-refractivity contribution in [3.63, 3.8) is 0 Å². The molecule has 0 aromatic carbocycles. The van der Waals surface area contributed by atoms with Crippen LogP contribution < -0.4 is 5.73 Å². The first-order valence-electron chi connectivity index (χ1n) is 5.29. The molecule has 0 aliphatic heterocycles. The second-order valence-corrected chi connectivity index (χ2v) is 3.07. The molecule has 0 amide bonds. The smallest absolute Gasteiger partial charge is 0.333 e. The summed E-state index contributed by atoms with van der Waals surface area (Å²) in [6.07, 6.45) is 2.56. The van der Waals surface area contributed by atoms with Crippen molar-refractivity contribution in [2.45, 2.75) is 40.0 Å². The molecule has 2 N–H and O–H groups in total. The maximum Gasteiger partial charge on any atom is 0.333 e. The number of rotatable bonds is 6. The Labute approximate surface area is 86.3 Å². The van der Waals surface area contributed by atoms with Gasteiger partial charge < -0.3 is 10.5 Å². The van der Waals surface area contributed by atoms with Gasteiger partial charge in [0.25, 0.3) is 0 Å². The summed E-state index contributed by atoms with van der Waals surface area (Å²) in [7, 11) is 0. The fraction of sp³-hybridized carbons (Fsp3) is 0.727. The summed E-state index contributed by atoms with van der Waals surface area (Å²) < 4.78 is 5.01. The van der Waals surface area contributed by atoms with Crippen molar-refractivity contribution in [3.05, 3.63) is 11.1 Å². The average molecular weight is 199 g/mol. The zero-order valence-corrected chi connectivity index (χ0v) is 9.43. The van der Waals surface area contributed by atoms with Crippen molar-refractivity contribution >= 4 is 5.97 Å². The Morgan fingerprint density at radius 3 is 2.07 bits per heavy atom. The first-order chi connectivity index (χ1) is 6.71. The topological polar surface area (TPSA) is 52.3 Å². The van der Waals surface area contributed by atoms with E-state index in [0.29, 0.717) is 13.2 Å². The molecule has 0 aliphatic rings. The van der Waals surface area contributed by atoms with Gasteiger partial charge in [0.15, 0.2) is 0 Å². The van der Waals surface area contributed by atoms with E-state index in [1.54, 1.807) is 0 Å². The van der Waals surface area contributed by atoms with E-state index in [1.807, 2.05) is 6.92 Å². The minimum absolute atomic E-state index is 0.198. The standard InChI is InChI=1S/C11H21NO2/c1-4-9(5-2)10(6-3)11(13)14-8-7-12/h4-8,12H2,1-3H3. The summed E-state index contributed by atoms with van der Waals surface area (Å²) in [5.74, 6) is -0.198. The van der Waals surface area contributed by atoms with E-state index in [2.05, 4.69) is 13.8 Å². The van der Waals surface area contributed by atoms with Gasteiger partial charge in [-0.3, -0.25) is 0 Å². The van der Waals surface area contributed by atoms with E-state index in [9.17, 15) is 4.79 Å². The number of allylic oxidation sites excluding steroid dienone is 1. The highest BCUT2D eigenvalue weighted by Crippen LogP contribution is 2.16. The van der Waals surface area contributed by atoms with Gasteiger partial charge in [-0.15, -0.1) is 0 Å². The van der Waals surface area contributed by atoms with Gasteiger partial charge in [-0.05, 0) is 19.3 Å². The van der Waals surface area contributed by atoms with Crippen LogP contribution in [-0.2, 0) is 9.53 Å². The first kappa shape index (κ1) is 13.2. The maximum atomic E-state index is 11.6. The molecule has 0 saturated carbocycles. The molecule has 82 valence electrons. The Bertz CT molecular complexity index is 203. The minimum atomic E-state index is -0.198. The van der Waals surface area contributed by atoms with Crippen molar-refractivity contribution in [2.75, 3.05) is 13.2 Å². The molecule has 14 heavy (non-hydrogen) atoms. The highest BCUT2D eigenvalue weighted by atomic mass is 16.5. The van der Waals surface area contributed by atoms with Crippen LogP contribution in [-0.4, -0.2) is 19.1 Å². The van der Waals surface area contributed by atoms with Crippen LogP contribution >= 0.6 is 0 Å². The van der Waals surface area contributed by atoms with Crippen LogP contribution in [0.4, 0.5) is 0 Å². The molecule has 0 spiro atoms. The van der Waals surface area contributed by atoms with Gasteiger partial charge in [0, 0.05) is 12.1 Å². The third-order valence-electron chi connectivity index (χ3n) is 2.23. The van der Waals surface area contributed by atoms with Crippen molar-refractivity contribution in [1.29, 1.82) is 0 Å². The lowest BCUT2D eigenvalue weighted by molar-refractivity contribution is -0.138. The van der Waals surface area contributed by atoms with Gasteiger partial charge in [0.05, 0.1) is 0 Å². The second kappa shape index (κ2) is 7.56. The molecule has 0 aromatic rings. The predicted molar refractivity (Wildman–Crippen MR) is 57.9 cm³/mol. The minimum Gasteiger partial charge on any atom is -0.461 e. The predicted octanol–water partition coefficient (Wildman–Crippen LogP) is 2.01. The Morgan fingerprint density at radius 1 is 1.14 bits per heavy atom. The number of esters is 1. The maximum absolute atomic E-state index is 11.6. The van der Waals surface area contributed by atoms with Gasteiger partial charge in [0.1, 0.15) is 6.61 Å². The Kier molecular flexibility index (Phi) is 7.11. The number of hydrogen-bond acceptors (Lipinski definition) is 3. The van der Waals surface area contributed by atoms with E-state index < -0.39 is 0 Å². The molecule has 3 heteroatoms. The summed E-state index contributed by atoms with van der Waals surface area (Å²) in [4.78, 5) is 11.6. The molecule has 0 bridgehead atoms. The fourth-order valence-corrected chi connectivity index (χ4v) is 1.45. The summed E-state index contributed by atoms with van der Waals surface area (Å²) in [6, 6.07) is 0. The molecule has 0 aromatic heterocycles. The number of carbonyl (C=O) groups is 1. The number of nitrogens with two attached hydrogens (primary N) is 1. The number of ether oxygens (including phenoxy) is 1. The van der Waals surface area contributed by atoms with E-state index in [0.717, 1.165) is 24.8 Å². The highest BCUT2D eigenvalue weighted by molar-refractivity contribution is 5.89. The van der Waals surface area contributed by atoms with Gasteiger partial charge >= 0.3 is 5.97 Å². The quantitative estimate of drug-likeness (QED) is 0.526. The molecule has 0 unspecified atom stereocenters. The van der Waals surface area contributed by atoms with Crippen molar-refractivity contribution < 1.29 is 9.53 Å². The van der Waals surface area contributed by atoms with Gasteiger partial charge in [-0.1, -0.05) is 26.3 Å². The Morgan fingerprint density at radius 2 is 1.71 bits per heavy atom. The molecule has 0 atom stereocenters. The fourth-order valence-electron chi connectivity index (χ4n) is 1.45. The molecule has 0 heterocycles. The first-order valence-corrected chi connectivity index (χ1v) is 5.29. The summed E-state index contributed by atoms with van der Waals surface area (Å²) in [5, 5.41) is 0. The van der Waals surface area contributed by atoms with Crippen LogP contribution in [0.5, 0.6) is 0 Å². The summed E-state index contributed by atoms with van der Waals surface area (Å²) in [6.45, 7) is 6.79. The summed E-state index contributed by atoms with van der Waals surface area (Å²) >= 11 is 0. The van der Waals surface area contributed by atoms with E-state index in [1.165, 1.54) is 5.57 Å². The second-order valence-electron chi connectivity index (χ2n) is 3.07. The molecule has 3 nitrogen and oxygen atoms in total. The van der Waals surface area contributed by atoms with Crippen LogP contribution in [0.2, 0.25) is 0 Å². The van der Waals surface area contributed by atoms with E-state index >= 15 is 0 Å². The Hall–Kier alpha value is -0.830. The van der Waals surface area contributed by atoms with Gasteiger partial charge in [-0.25, -0.2) is 4.79 Å². The molecule has 0 fully saturated rings. The third kappa shape index (κ3) is 3.92. The summed E-state index contributed by atoms with van der Waals surface area (Å²) in [5.41, 5.74) is 7.28. The molecular weight excluding hydrogens is 178 g/mol. The van der Waals surface area contributed by atoms with Gasteiger partial charge in [0.2, 0.25) is 0 Å². The van der Waals surface area contributed by atoms with Crippen LogP contribution in [0.1, 0.15) is 40.0 Å². The van der Waals surface area contributed by atoms with Crippen LogP contribution in [0.15, 0.2) is 11.1 Å². The zero-order valence-electron chi connectivity index (χ0n) is 9.43. The van der Waals surface area contributed by atoms with Crippen molar-refractivity contribution in [3.8, 4) is 0 Å². The average Bonchev–Trinajstić information content (AvgIpc) is 2.22. The highest BCUT2D eigenvalue weighted by Gasteiger charge is 2.12. The molecule has 0 saturated heterocycles. The normalized spacial score (nSPS) is 9.71. The van der Waals surface area contributed by atoms with Crippen molar-refractivity contribution in [1.82, 2.24) is 0 Å². The third-order valence-corrected chi connectivity index (χ3v) is 2.23. The van der Waals surface area contributed by atoms with Crippen LogP contribution in [0, 0.1) is 0 Å². The van der Waals surface area contributed by atoms with Crippen LogP contribution in [0.3, 0.4) is 0 Å². The molecule has 0 rings (SSSR count). The monoisotopic (exact) mass is 199 g/mol. The molecular formula is C11H21NO2. The molecule has 0 radical (unpaired) electrons. The number of carbonyl (C=O) groups excluding carboxylic acids is 1. The lowest BCUT2D eigenvalue weighted by Crippen LogP contribution is -2.16. The zero-order chi connectivity index (χ0) is 11.0. The largest absolute Gasteiger partial charge is 0.461 e. The van der Waals surface area contributed by atoms with E-state index in [-0.39, 0.29) is 5.97 Å². The lowest BCUT2D eigenvalue weighted by Gasteiger charge is -2.10. The van der Waals surface area contributed by atoms with Crippen molar-refractivity contribution in [2.24, 2.45) is 5.73 Å². The molecule has 0 aliphatic carbocycles. The van der Waals surface area contributed by atoms with E-state index in [4.69, 9.17) is 10.5 Å².